The zero-order chi connectivity index (χ0) is 14.1. The number of hydrogen-bond acceptors (Lipinski definition) is 5. The van der Waals surface area contributed by atoms with Crippen molar-refractivity contribution < 1.29 is 9.26 Å². The molecule has 0 spiro atoms. The molecule has 1 saturated heterocycles. The lowest BCUT2D eigenvalue weighted by Crippen LogP contribution is -2.27. The lowest BCUT2D eigenvalue weighted by molar-refractivity contribution is 0.252. The number of nitrogens with one attached hydrogen (secondary N) is 1. The Bertz CT molecular complexity index is 619. The summed E-state index contributed by atoms with van der Waals surface area (Å²) in [4.78, 5) is 4.61. The number of fused-ring (bicyclic) bond motifs is 1. The van der Waals surface area contributed by atoms with Crippen molar-refractivity contribution in [1.29, 1.82) is 0 Å². The molecule has 5 nitrogen and oxygen atoms in total. The number of nitrogens with zero attached hydrogens (tertiary/aromatic N) is 2. The Morgan fingerprint density at radius 2 is 2.14 bits per heavy atom. The van der Waals surface area contributed by atoms with Gasteiger partial charge in [0.15, 0.2) is 5.82 Å². The third-order valence-electron chi connectivity index (χ3n) is 4.31. The molecule has 0 radical (unpaired) electrons. The van der Waals surface area contributed by atoms with E-state index in [1.807, 2.05) is 18.2 Å². The summed E-state index contributed by atoms with van der Waals surface area (Å²) in [6, 6.07) is 8.37. The summed E-state index contributed by atoms with van der Waals surface area (Å²) in [6.07, 6.45) is 4.43. The first-order valence-electron chi connectivity index (χ1n) is 7.68. The van der Waals surface area contributed by atoms with E-state index in [0.29, 0.717) is 6.61 Å². The highest BCUT2D eigenvalue weighted by atomic mass is 16.5. The van der Waals surface area contributed by atoms with E-state index in [2.05, 4.69) is 21.5 Å². The number of ether oxygens (including phenoxy) is 1. The van der Waals surface area contributed by atoms with Gasteiger partial charge in [-0.25, -0.2) is 0 Å². The van der Waals surface area contributed by atoms with Crippen LogP contribution in [0.25, 0.3) is 0 Å². The van der Waals surface area contributed by atoms with Gasteiger partial charge in [0.25, 0.3) is 0 Å². The topological polar surface area (TPSA) is 60.2 Å². The minimum atomic E-state index is 0.181. The first-order chi connectivity index (χ1) is 10.4. The van der Waals surface area contributed by atoms with Crippen molar-refractivity contribution in [3.8, 4) is 5.75 Å². The zero-order valence-electron chi connectivity index (χ0n) is 11.9. The van der Waals surface area contributed by atoms with Gasteiger partial charge < -0.3 is 14.6 Å². The van der Waals surface area contributed by atoms with Crippen LogP contribution in [0.15, 0.2) is 28.8 Å². The molecule has 0 saturated carbocycles. The highest BCUT2D eigenvalue weighted by Gasteiger charge is 2.27. The molecule has 1 fully saturated rings. The highest BCUT2D eigenvalue weighted by Crippen LogP contribution is 2.31. The summed E-state index contributed by atoms with van der Waals surface area (Å²) in [5.41, 5.74) is 1.22. The standard InChI is InChI=1S/C16H19N3O2/c1-2-7-14-11(5-1)9-12(10-20-14)15-18-16(21-19-15)13-6-3-4-8-17-13/h1-2,5,7,12-13,17H,3-4,6,8-10H2/t12?,13-/m1/s1. The van der Waals surface area contributed by atoms with Crippen molar-refractivity contribution in [2.45, 2.75) is 37.6 Å². The second kappa shape index (κ2) is 5.48. The van der Waals surface area contributed by atoms with Gasteiger partial charge >= 0.3 is 0 Å². The van der Waals surface area contributed by atoms with Crippen molar-refractivity contribution in [3.05, 3.63) is 41.5 Å². The Morgan fingerprint density at radius 1 is 1.19 bits per heavy atom. The molecule has 1 unspecified atom stereocenters. The fourth-order valence-corrected chi connectivity index (χ4v) is 3.11. The first-order valence-corrected chi connectivity index (χ1v) is 7.68. The second-order valence-corrected chi connectivity index (χ2v) is 5.81. The van der Waals surface area contributed by atoms with E-state index in [1.54, 1.807) is 0 Å². The molecule has 2 atom stereocenters. The van der Waals surface area contributed by atoms with E-state index < -0.39 is 0 Å². The summed E-state index contributed by atoms with van der Waals surface area (Å²) in [6.45, 7) is 1.65. The van der Waals surface area contributed by atoms with Crippen molar-refractivity contribution >= 4 is 0 Å². The zero-order valence-corrected chi connectivity index (χ0v) is 11.9. The van der Waals surface area contributed by atoms with Crippen LogP contribution in [0.2, 0.25) is 0 Å². The van der Waals surface area contributed by atoms with Crippen LogP contribution in [0.4, 0.5) is 0 Å². The van der Waals surface area contributed by atoms with Crippen molar-refractivity contribution in [2.75, 3.05) is 13.2 Å². The Balaban J connectivity index is 1.51. The molecule has 1 aromatic heterocycles. The maximum absolute atomic E-state index is 5.81. The van der Waals surface area contributed by atoms with E-state index in [9.17, 15) is 0 Å². The van der Waals surface area contributed by atoms with Gasteiger partial charge in [0.05, 0.1) is 18.6 Å². The maximum Gasteiger partial charge on any atom is 0.243 e. The van der Waals surface area contributed by atoms with Crippen LogP contribution in [0.1, 0.15) is 48.5 Å². The molecule has 2 aromatic rings. The van der Waals surface area contributed by atoms with Crippen LogP contribution in [0.3, 0.4) is 0 Å². The monoisotopic (exact) mass is 285 g/mol. The Labute approximate surface area is 123 Å². The van der Waals surface area contributed by atoms with Gasteiger partial charge in [-0.2, -0.15) is 4.98 Å². The van der Waals surface area contributed by atoms with Gasteiger partial charge in [0, 0.05) is 0 Å². The minimum Gasteiger partial charge on any atom is -0.493 e. The van der Waals surface area contributed by atoms with Crippen LogP contribution in [-0.4, -0.2) is 23.3 Å². The fourth-order valence-electron chi connectivity index (χ4n) is 3.11. The van der Waals surface area contributed by atoms with Crippen molar-refractivity contribution in [2.24, 2.45) is 0 Å². The highest BCUT2D eigenvalue weighted by molar-refractivity contribution is 5.36. The summed E-state index contributed by atoms with van der Waals surface area (Å²) in [5, 5.41) is 7.62. The number of hydrogen-bond donors (Lipinski definition) is 1. The van der Waals surface area contributed by atoms with Gasteiger partial charge in [-0.15, -0.1) is 0 Å². The molecule has 2 aliphatic heterocycles. The second-order valence-electron chi connectivity index (χ2n) is 5.81. The Kier molecular flexibility index (Phi) is 3.35. The van der Waals surface area contributed by atoms with Gasteiger partial charge in [-0.3, -0.25) is 0 Å². The fraction of sp³-hybridized carbons (Fsp3) is 0.500. The Morgan fingerprint density at radius 3 is 3.05 bits per heavy atom. The molecule has 3 heterocycles. The lowest BCUT2D eigenvalue weighted by atomic mass is 9.96. The van der Waals surface area contributed by atoms with Gasteiger partial charge in [0.2, 0.25) is 5.89 Å². The van der Waals surface area contributed by atoms with Crippen LogP contribution >= 0.6 is 0 Å². The average molecular weight is 285 g/mol. The van der Waals surface area contributed by atoms with E-state index in [4.69, 9.17) is 9.26 Å². The predicted molar refractivity (Wildman–Crippen MR) is 77.3 cm³/mol. The van der Waals surface area contributed by atoms with Crippen LogP contribution < -0.4 is 10.1 Å². The van der Waals surface area contributed by atoms with E-state index in [0.717, 1.165) is 36.9 Å². The van der Waals surface area contributed by atoms with Gasteiger partial charge in [0.1, 0.15) is 5.75 Å². The number of aromatic nitrogens is 2. The quantitative estimate of drug-likeness (QED) is 0.919. The van der Waals surface area contributed by atoms with E-state index in [-0.39, 0.29) is 12.0 Å². The third-order valence-corrected chi connectivity index (χ3v) is 4.31. The van der Waals surface area contributed by atoms with E-state index >= 15 is 0 Å². The minimum absolute atomic E-state index is 0.181. The average Bonchev–Trinajstić information content (AvgIpc) is 3.05. The van der Waals surface area contributed by atoms with Crippen LogP contribution in [0.5, 0.6) is 5.75 Å². The normalized spacial score (nSPS) is 25.1. The smallest absolute Gasteiger partial charge is 0.243 e. The van der Waals surface area contributed by atoms with Crippen molar-refractivity contribution in [1.82, 2.24) is 15.5 Å². The largest absolute Gasteiger partial charge is 0.493 e. The molecule has 0 bridgehead atoms. The third kappa shape index (κ3) is 2.53. The maximum atomic E-state index is 5.81. The molecule has 110 valence electrons. The van der Waals surface area contributed by atoms with Crippen molar-refractivity contribution in [3.63, 3.8) is 0 Å². The molecular formula is C16H19N3O2. The van der Waals surface area contributed by atoms with Crippen LogP contribution in [0, 0.1) is 0 Å². The molecule has 2 aliphatic rings. The van der Waals surface area contributed by atoms with E-state index in [1.165, 1.54) is 18.4 Å². The molecule has 5 heteroatoms. The number of piperidine rings is 1. The molecule has 0 amide bonds. The molecule has 1 N–H and O–H groups in total. The molecular weight excluding hydrogens is 266 g/mol. The summed E-state index contributed by atoms with van der Waals surface area (Å²) in [5.74, 6) is 2.66. The summed E-state index contributed by atoms with van der Waals surface area (Å²) >= 11 is 0. The number of para-hydroxylation sites is 1. The molecule has 4 rings (SSSR count). The van der Waals surface area contributed by atoms with Crippen LogP contribution in [-0.2, 0) is 6.42 Å². The van der Waals surface area contributed by atoms with Gasteiger partial charge in [-0.05, 0) is 37.4 Å². The summed E-state index contributed by atoms with van der Waals surface area (Å²) < 4.78 is 11.3. The SMILES string of the molecule is c1ccc2c(c1)CC(c1noc([C@H]3CCCCN3)n1)CO2. The number of rotatable bonds is 2. The predicted octanol–water partition coefficient (Wildman–Crippen LogP) is 2.60. The first kappa shape index (κ1) is 12.8. The molecule has 1 aromatic carbocycles. The number of benzene rings is 1. The summed E-state index contributed by atoms with van der Waals surface area (Å²) in [7, 11) is 0. The Hall–Kier alpha value is -1.88. The molecule has 21 heavy (non-hydrogen) atoms. The lowest BCUT2D eigenvalue weighted by Gasteiger charge is -2.23. The van der Waals surface area contributed by atoms with Gasteiger partial charge in [-0.1, -0.05) is 29.8 Å². The molecule has 0 aliphatic carbocycles.